The van der Waals surface area contributed by atoms with E-state index in [0.29, 0.717) is 4.90 Å². The van der Waals surface area contributed by atoms with Crippen LogP contribution in [0.2, 0.25) is 0 Å². The van der Waals surface area contributed by atoms with E-state index in [1.807, 2.05) is 0 Å². The second-order valence-corrected chi connectivity index (χ2v) is 3.23. The number of anilines is 3. The van der Waals surface area contributed by atoms with Gasteiger partial charge in [0, 0.05) is 14.1 Å². The highest BCUT2D eigenvalue weighted by Crippen LogP contribution is 2.22. The first-order chi connectivity index (χ1) is 7.84. The number of rotatable bonds is 2. The molecule has 1 heterocycles. The van der Waals surface area contributed by atoms with Crippen molar-refractivity contribution in [1.82, 2.24) is 4.98 Å². The van der Waals surface area contributed by atoms with Crippen molar-refractivity contribution in [1.29, 1.82) is 0 Å². The first-order valence-electron chi connectivity index (χ1n) is 4.50. The molecule has 1 aromatic rings. The number of hydrogen-bond acceptors (Lipinski definition) is 6. The minimum absolute atomic E-state index is 0.00213. The predicted molar refractivity (Wildman–Crippen MR) is 56.2 cm³/mol. The van der Waals surface area contributed by atoms with Gasteiger partial charge in [-0.15, -0.1) is 0 Å². The van der Waals surface area contributed by atoms with Gasteiger partial charge in [-0.1, -0.05) is 0 Å². The van der Waals surface area contributed by atoms with Crippen LogP contribution in [-0.4, -0.2) is 31.3 Å². The van der Waals surface area contributed by atoms with E-state index in [4.69, 9.17) is 5.73 Å². The lowest BCUT2D eigenvalue weighted by molar-refractivity contribution is -0.246. The Kier molecular flexibility index (Phi) is 3.37. The number of pyridine rings is 1. The third-order valence-electron chi connectivity index (χ3n) is 2.10. The van der Waals surface area contributed by atoms with Crippen molar-refractivity contribution >= 4 is 29.5 Å². The van der Waals surface area contributed by atoms with E-state index in [2.05, 4.69) is 4.98 Å². The molecule has 1 rings (SSSR count). The van der Waals surface area contributed by atoms with Gasteiger partial charge in [0.1, 0.15) is 18.0 Å². The maximum absolute atomic E-state index is 10.6. The van der Waals surface area contributed by atoms with E-state index < -0.39 is 12.2 Å². The van der Waals surface area contributed by atoms with Crippen molar-refractivity contribution in [3.05, 3.63) is 12.1 Å². The summed E-state index contributed by atoms with van der Waals surface area (Å²) in [5.41, 5.74) is 5.62. The van der Waals surface area contributed by atoms with Crippen LogP contribution in [0.1, 0.15) is 0 Å². The quantitative estimate of drug-likeness (QED) is 0.649. The topological polar surface area (TPSA) is 126 Å². The summed E-state index contributed by atoms with van der Waals surface area (Å²) in [4.78, 5) is 26.5. The van der Waals surface area contributed by atoms with E-state index in [9.17, 15) is 19.8 Å². The molecule has 0 saturated carbocycles. The lowest BCUT2D eigenvalue weighted by Crippen LogP contribution is -2.41. The van der Waals surface area contributed by atoms with Crippen molar-refractivity contribution in [3.63, 3.8) is 0 Å². The Hall–Kier alpha value is -2.51. The summed E-state index contributed by atoms with van der Waals surface area (Å²) < 4.78 is 0. The van der Waals surface area contributed by atoms with Crippen molar-refractivity contribution in [2.45, 2.75) is 0 Å². The maximum atomic E-state index is 10.6. The molecule has 8 heteroatoms. The molecule has 8 nitrogen and oxygen atoms in total. The van der Waals surface area contributed by atoms with Crippen molar-refractivity contribution in [2.75, 3.05) is 29.6 Å². The molecule has 0 aliphatic carbocycles. The monoisotopic (exact) mass is 238 g/mol. The molecule has 0 aliphatic heterocycles. The van der Waals surface area contributed by atoms with E-state index in [0.717, 1.165) is 4.90 Å². The molecule has 0 saturated heterocycles. The Bertz CT molecular complexity index is 462. The average molecular weight is 238 g/mol. The molecule has 0 fully saturated rings. The number of aromatic nitrogens is 1. The van der Waals surface area contributed by atoms with Gasteiger partial charge in [-0.3, -0.25) is 0 Å². The van der Waals surface area contributed by atoms with Gasteiger partial charge in [-0.25, -0.2) is 4.98 Å². The highest BCUT2D eigenvalue weighted by Gasteiger charge is 2.11. The Morgan fingerprint density at radius 1 is 1.18 bits per heavy atom. The zero-order chi connectivity index (χ0) is 13.2. The summed E-state index contributed by atoms with van der Waals surface area (Å²) in [5, 5.41) is 21.2. The highest BCUT2D eigenvalue weighted by atomic mass is 16.4. The summed E-state index contributed by atoms with van der Waals surface area (Å²) in [6.07, 6.45) is -2.97. The van der Waals surface area contributed by atoms with Crippen LogP contribution in [0.4, 0.5) is 26.9 Å². The summed E-state index contributed by atoms with van der Waals surface area (Å²) in [6, 6.07) is 2.67. The second-order valence-electron chi connectivity index (χ2n) is 3.23. The molecule has 1 aromatic heterocycles. The Labute approximate surface area is 96.9 Å². The molecule has 2 N–H and O–H groups in total. The molecule has 0 aliphatic rings. The molecule has 17 heavy (non-hydrogen) atoms. The maximum Gasteiger partial charge on any atom is 0.159 e. The first kappa shape index (κ1) is 12.6. The summed E-state index contributed by atoms with van der Waals surface area (Å²) >= 11 is 0. The van der Waals surface area contributed by atoms with Crippen molar-refractivity contribution in [3.8, 4) is 0 Å². The Balaban J connectivity index is 3.19. The van der Waals surface area contributed by atoms with Gasteiger partial charge < -0.3 is 35.3 Å². The number of nitrogens with two attached hydrogens (primary N) is 1. The molecule has 0 aromatic carbocycles. The third kappa shape index (κ3) is 2.54. The fourth-order valence-electron chi connectivity index (χ4n) is 1.08. The number of nitrogens with zero attached hydrogens (tertiary/aromatic N) is 3. The molecular formula is C9H10N4O4-2. The minimum atomic E-state index is -1.50. The van der Waals surface area contributed by atoms with Gasteiger partial charge in [-0.2, -0.15) is 0 Å². The smallest absolute Gasteiger partial charge is 0.159 e. The number of amides is 2. The van der Waals surface area contributed by atoms with Gasteiger partial charge in [0.05, 0.1) is 5.69 Å². The van der Waals surface area contributed by atoms with Gasteiger partial charge in [-0.05, 0) is 12.1 Å². The number of nitrogen functional groups attached to an aromatic ring is 1. The van der Waals surface area contributed by atoms with Crippen molar-refractivity contribution in [2.24, 2.45) is 0 Å². The number of hydrogen-bond donors (Lipinski definition) is 1. The Morgan fingerprint density at radius 3 is 2.18 bits per heavy atom. The van der Waals surface area contributed by atoms with E-state index >= 15 is 0 Å². The molecule has 0 bridgehead atoms. The zero-order valence-electron chi connectivity index (χ0n) is 9.21. The highest BCUT2D eigenvalue weighted by molar-refractivity contribution is 5.88. The normalized spacial score (nSPS) is 9.76. The summed E-state index contributed by atoms with van der Waals surface area (Å²) in [5.74, 6) is -0.0992. The van der Waals surface area contributed by atoms with Crippen LogP contribution in [0.3, 0.4) is 0 Å². The standard InChI is InChI=1S/C9H12N4O4/c1-12(8(14)15)6-4-3-5(10)7(11-6)13(2)9(16)17/h3-4H,10H2,1-2H3,(H,14,15)(H,16,17)/p-2. The van der Waals surface area contributed by atoms with Gasteiger partial charge in [0.25, 0.3) is 0 Å². The molecule has 0 radical (unpaired) electrons. The number of carbonyl (C=O) groups is 2. The zero-order valence-corrected chi connectivity index (χ0v) is 9.21. The van der Waals surface area contributed by atoms with E-state index in [-0.39, 0.29) is 17.3 Å². The average Bonchev–Trinajstić information content (AvgIpc) is 2.27. The van der Waals surface area contributed by atoms with Crippen LogP contribution in [-0.2, 0) is 0 Å². The van der Waals surface area contributed by atoms with Crippen LogP contribution >= 0.6 is 0 Å². The van der Waals surface area contributed by atoms with Crippen LogP contribution in [0, 0.1) is 0 Å². The van der Waals surface area contributed by atoms with Crippen molar-refractivity contribution < 1.29 is 19.8 Å². The largest absolute Gasteiger partial charge is 0.530 e. The third-order valence-corrected chi connectivity index (χ3v) is 2.10. The Morgan fingerprint density at radius 2 is 1.71 bits per heavy atom. The summed E-state index contributed by atoms with van der Waals surface area (Å²) in [6.45, 7) is 0. The van der Waals surface area contributed by atoms with Crippen LogP contribution in [0.25, 0.3) is 0 Å². The fourth-order valence-corrected chi connectivity index (χ4v) is 1.08. The van der Waals surface area contributed by atoms with Crippen LogP contribution in [0.5, 0.6) is 0 Å². The SMILES string of the molecule is CN(C(=O)[O-])c1ccc(N)c(N(C)C(=O)[O-])n1. The lowest BCUT2D eigenvalue weighted by Gasteiger charge is -2.24. The molecule has 2 amide bonds. The molecular weight excluding hydrogens is 228 g/mol. The summed E-state index contributed by atoms with van der Waals surface area (Å²) in [7, 11) is 2.41. The van der Waals surface area contributed by atoms with Gasteiger partial charge >= 0.3 is 0 Å². The van der Waals surface area contributed by atoms with E-state index in [1.165, 1.54) is 26.2 Å². The number of carboxylic acid groups (broad SMARTS) is 2. The predicted octanol–water partition coefficient (Wildman–Crippen LogP) is -1.78. The van der Waals surface area contributed by atoms with Crippen LogP contribution in [0.15, 0.2) is 12.1 Å². The lowest BCUT2D eigenvalue weighted by atomic mass is 10.3. The van der Waals surface area contributed by atoms with Gasteiger partial charge in [0.2, 0.25) is 0 Å². The second kappa shape index (κ2) is 4.56. The minimum Gasteiger partial charge on any atom is -0.530 e. The van der Waals surface area contributed by atoms with Crippen LogP contribution < -0.4 is 25.7 Å². The molecule has 92 valence electrons. The van der Waals surface area contributed by atoms with E-state index in [1.54, 1.807) is 0 Å². The molecule has 0 unspecified atom stereocenters. The van der Waals surface area contributed by atoms with Gasteiger partial charge in [0.15, 0.2) is 5.82 Å². The molecule has 0 spiro atoms. The fraction of sp³-hybridized carbons (Fsp3) is 0.222. The molecule has 0 atom stereocenters. The number of carbonyl (C=O) groups excluding carboxylic acids is 2. The first-order valence-corrected chi connectivity index (χ1v) is 4.50.